The quantitative estimate of drug-likeness (QED) is 0.706. The molecule has 0 N–H and O–H groups in total. The third-order valence-corrected chi connectivity index (χ3v) is 2.55. The number of aryl methyl sites for hydroxylation is 1. The summed E-state index contributed by atoms with van der Waals surface area (Å²) >= 11 is 0. The Balaban J connectivity index is 2.27. The average Bonchev–Trinajstić information content (AvgIpc) is 2.66. The molecule has 0 radical (unpaired) electrons. The molecule has 0 aliphatic heterocycles. The van der Waals surface area contributed by atoms with E-state index in [1.54, 1.807) is 0 Å². The fourth-order valence-electron chi connectivity index (χ4n) is 1.77. The summed E-state index contributed by atoms with van der Waals surface area (Å²) in [5, 5.41) is 0. The van der Waals surface area contributed by atoms with Gasteiger partial charge in [0.2, 0.25) is 5.78 Å². The van der Waals surface area contributed by atoms with Crippen molar-refractivity contribution in [1.29, 1.82) is 0 Å². The molecule has 0 fully saturated rings. The summed E-state index contributed by atoms with van der Waals surface area (Å²) < 4.78 is 29.3. The van der Waals surface area contributed by atoms with Crippen molar-refractivity contribution < 1.29 is 22.8 Å². The summed E-state index contributed by atoms with van der Waals surface area (Å²) in [7, 11) is 0. The van der Waals surface area contributed by atoms with Gasteiger partial charge in [-0.1, -0.05) is 0 Å². The number of ketones is 2. The van der Waals surface area contributed by atoms with Crippen LogP contribution >= 0.6 is 0 Å². The first-order valence-electron chi connectivity index (χ1n) is 4.53. The van der Waals surface area contributed by atoms with E-state index in [-0.39, 0.29) is 12.0 Å². The van der Waals surface area contributed by atoms with Crippen LogP contribution in [0.1, 0.15) is 22.5 Å². The first kappa shape index (κ1) is 10.0. The summed E-state index contributed by atoms with van der Waals surface area (Å²) in [6, 6.07) is 1.42. The molecule has 0 aromatic carbocycles. The molecular weight excluding hydrogens is 206 g/mol. The van der Waals surface area contributed by atoms with Crippen molar-refractivity contribution in [2.24, 2.45) is 5.92 Å². The number of carbonyl (C=O) groups excluding carboxylic acids is 2. The topological polar surface area (TPSA) is 47.3 Å². The zero-order valence-corrected chi connectivity index (χ0v) is 7.70. The van der Waals surface area contributed by atoms with Gasteiger partial charge in [0.1, 0.15) is 5.76 Å². The fraction of sp³-hybridized carbons (Fsp3) is 0.400. The minimum Gasteiger partial charge on any atom is -0.469 e. The number of halogens is 2. The van der Waals surface area contributed by atoms with Crippen LogP contribution in [0, 0.1) is 5.92 Å². The number of carbonyl (C=O) groups is 2. The summed E-state index contributed by atoms with van der Waals surface area (Å²) in [6.07, 6.45) is -1.27. The molecule has 5 heteroatoms. The van der Waals surface area contributed by atoms with E-state index in [0.717, 1.165) is 0 Å². The van der Waals surface area contributed by atoms with Crippen molar-refractivity contribution in [3.05, 3.63) is 23.7 Å². The Bertz CT molecular complexity index is 409. The van der Waals surface area contributed by atoms with Crippen LogP contribution in [0.4, 0.5) is 8.78 Å². The van der Waals surface area contributed by atoms with Crippen molar-refractivity contribution >= 4 is 11.6 Å². The van der Waals surface area contributed by atoms with Crippen LogP contribution in [0.3, 0.4) is 0 Å². The van der Waals surface area contributed by atoms with Crippen LogP contribution in [-0.2, 0) is 11.2 Å². The number of hydrogen-bond donors (Lipinski definition) is 0. The van der Waals surface area contributed by atoms with Gasteiger partial charge in [0.25, 0.3) is 6.43 Å². The Labute approximate surface area is 84.1 Å². The van der Waals surface area contributed by atoms with Crippen LogP contribution in [-0.4, -0.2) is 18.0 Å². The minimum absolute atomic E-state index is 0.114. The normalized spacial score (nSPS) is 20.5. The van der Waals surface area contributed by atoms with Crippen LogP contribution in [0.25, 0.3) is 0 Å². The van der Waals surface area contributed by atoms with Crippen molar-refractivity contribution in [2.45, 2.75) is 19.3 Å². The number of fused-ring (bicyclic) bond motifs is 1. The highest BCUT2D eigenvalue weighted by molar-refractivity contribution is 6.12. The van der Waals surface area contributed by atoms with Gasteiger partial charge in [-0.2, -0.15) is 0 Å². The first-order chi connectivity index (χ1) is 7.11. The second-order valence-electron chi connectivity index (χ2n) is 3.42. The molecule has 80 valence electrons. The maximum absolute atomic E-state index is 12.2. The van der Waals surface area contributed by atoms with E-state index in [0.29, 0.717) is 12.2 Å². The summed E-state index contributed by atoms with van der Waals surface area (Å²) in [5.74, 6) is -2.55. The van der Waals surface area contributed by atoms with Gasteiger partial charge in [-0.15, -0.1) is 0 Å². The molecule has 0 saturated heterocycles. The Morgan fingerprint density at radius 1 is 1.53 bits per heavy atom. The number of furan rings is 1. The van der Waals surface area contributed by atoms with Crippen LogP contribution in [0.2, 0.25) is 0 Å². The summed E-state index contributed by atoms with van der Waals surface area (Å²) in [6.45, 7) is 0. The molecule has 0 amide bonds. The van der Waals surface area contributed by atoms with Gasteiger partial charge in [0.15, 0.2) is 5.78 Å². The predicted octanol–water partition coefficient (Wildman–Crippen LogP) is 1.86. The maximum Gasteiger partial charge on any atom is 0.296 e. The molecule has 1 heterocycles. The zero-order chi connectivity index (χ0) is 11.0. The van der Waals surface area contributed by atoms with E-state index in [1.165, 1.54) is 12.3 Å². The van der Waals surface area contributed by atoms with E-state index >= 15 is 0 Å². The Kier molecular flexibility index (Phi) is 2.38. The standard InChI is InChI=1S/C10H8F2O3/c11-10(12)9(14)6-1-2-7-5(8(6)13)3-4-15-7/h3-4,6,10H,1-2H2. The van der Waals surface area contributed by atoms with E-state index in [1.807, 2.05) is 0 Å². The fourth-order valence-corrected chi connectivity index (χ4v) is 1.77. The molecule has 1 atom stereocenters. The molecule has 0 saturated carbocycles. The molecule has 2 rings (SSSR count). The van der Waals surface area contributed by atoms with Crippen molar-refractivity contribution in [3.8, 4) is 0 Å². The minimum atomic E-state index is -3.08. The average molecular weight is 214 g/mol. The highest BCUT2D eigenvalue weighted by Crippen LogP contribution is 2.28. The van der Waals surface area contributed by atoms with Crippen molar-refractivity contribution in [1.82, 2.24) is 0 Å². The molecule has 1 unspecified atom stereocenters. The second kappa shape index (κ2) is 3.56. The third-order valence-electron chi connectivity index (χ3n) is 2.55. The van der Waals surface area contributed by atoms with Gasteiger partial charge in [-0.05, 0) is 12.5 Å². The smallest absolute Gasteiger partial charge is 0.296 e. The molecule has 0 spiro atoms. The van der Waals surface area contributed by atoms with Crippen LogP contribution in [0.5, 0.6) is 0 Å². The van der Waals surface area contributed by atoms with Crippen LogP contribution in [0.15, 0.2) is 16.7 Å². The lowest BCUT2D eigenvalue weighted by Crippen LogP contribution is -2.32. The first-order valence-corrected chi connectivity index (χ1v) is 4.53. The van der Waals surface area contributed by atoms with E-state index < -0.39 is 23.9 Å². The highest BCUT2D eigenvalue weighted by Gasteiger charge is 2.37. The summed E-state index contributed by atoms with van der Waals surface area (Å²) in [4.78, 5) is 22.6. The molecule has 1 aromatic rings. The SMILES string of the molecule is O=C1c2ccoc2CCC1C(=O)C(F)F. The Morgan fingerprint density at radius 3 is 2.93 bits per heavy atom. The van der Waals surface area contributed by atoms with E-state index in [4.69, 9.17) is 4.42 Å². The summed E-state index contributed by atoms with van der Waals surface area (Å²) in [5.41, 5.74) is 0.264. The number of rotatable bonds is 2. The van der Waals surface area contributed by atoms with E-state index in [9.17, 15) is 18.4 Å². The number of Topliss-reactive ketones (excluding diaryl/α,β-unsaturated/α-hetero) is 2. The third kappa shape index (κ3) is 1.58. The molecule has 0 bridgehead atoms. The predicted molar refractivity (Wildman–Crippen MR) is 45.9 cm³/mol. The molecule has 1 aromatic heterocycles. The lowest BCUT2D eigenvalue weighted by atomic mass is 9.84. The molecule has 3 nitrogen and oxygen atoms in total. The monoisotopic (exact) mass is 214 g/mol. The van der Waals surface area contributed by atoms with Gasteiger partial charge in [0.05, 0.1) is 17.7 Å². The molecule has 15 heavy (non-hydrogen) atoms. The molecular formula is C10H8F2O3. The highest BCUT2D eigenvalue weighted by atomic mass is 19.3. The van der Waals surface area contributed by atoms with Crippen LogP contribution < -0.4 is 0 Å². The largest absolute Gasteiger partial charge is 0.469 e. The van der Waals surface area contributed by atoms with Crippen molar-refractivity contribution in [3.63, 3.8) is 0 Å². The van der Waals surface area contributed by atoms with Gasteiger partial charge < -0.3 is 4.42 Å². The molecule has 1 aliphatic carbocycles. The Morgan fingerprint density at radius 2 is 2.27 bits per heavy atom. The van der Waals surface area contributed by atoms with Gasteiger partial charge in [-0.25, -0.2) is 8.78 Å². The number of alkyl halides is 2. The maximum atomic E-state index is 12.2. The van der Waals surface area contributed by atoms with Gasteiger partial charge in [-0.3, -0.25) is 9.59 Å². The lowest BCUT2D eigenvalue weighted by Gasteiger charge is -2.18. The van der Waals surface area contributed by atoms with E-state index in [2.05, 4.69) is 0 Å². The zero-order valence-electron chi connectivity index (χ0n) is 7.70. The molecule has 1 aliphatic rings. The number of hydrogen-bond acceptors (Lipinski definition) is 3. The Hall–Kier alpha value is -1.52. The second-order valence-corrected chi connectivity index (χ2v) is 3.42. The lowest BCUT2D eigenvalue weighted by molar-refractivity contribution is -0.132. The van der Waals surface area contributed by atoms with Gasteiger partial charge in [0, 0.05) is 6.42 Å². The van der Waals surface area contributed by atoms with Crippen molar-refractivity contribution in [2.75, 3.05) is 0 Å². The van der Waals surface area contributed by atoms with Gasteiger partial charge >= 0.3 is 0 Å².